The second-order valence-electron chi connectivity index (χ2n) is 5.85. The third-order valence-electron chi connectivity index (χ3n) is 3.92. The van der Waals surface area contributed by atoms with Gasteiger partial charge >= 0.3 is 0 Å². The van der Waals surface area contributed by atoms with Gasteiger partial charge in [-0.25, -0.2) is 8.42 Å². The van der Waals surface area contributed by atoms with E-state index in [0.717, 1.165) is 16.5 Å². The minimum atomic E-state index is -3.80. The Labute approximate surface area is 147 Å². The molecule has 0 saturated carbocycles. The van der Waals surface area contributed by atoms with Gasteiger partial charge in [0, 0.05) is 19.8 Å². The molecule has 6 heteroatoms. The van der Waals surface area contributed by atoms with Crippen molar-refractivity contribution in [3.05, 3.63) is 66.2 Å². The molecule has 0 aliphatic rings. The number of fused-ring (bicyclic) bond motifs is 1. The number of anilines is 2. The number of hydrogen-bond donors (Lipinski definition) is 1. The first-order valence-electron chi connectivity index (χ1n) is 7.64. The maximum atomic E-state index is 12.8. The van der Waals surface area contributed by atoms with E-state index in [0.29, 0.717) is 0 Å². The van der Waals surface area contributed by atoms with Crippen LogP contribution in [0.25, 0.3) is 10.8 Å². The largest absolute Gasteiger partial charge is 0.378 e. The Balaban J connectivity index is 2.03. The topological polar surface area (TPSA) is 73.2 Å². The predicted molar refractivity (Wildman–Crippen MR) is 100 cm³/mol. The number of sulfonamides is 1. The Bertz CT molecular complexity index is 1080. The van der Waals surface area contributed by atoms with E-state index in [9.17, 15) is 13.7 Å². The highest BCUT2D eigenvalue weighted by Gasteiger charge is 2.17. The van der Waals surface area contributed by atoms with Gasteiger partial charge in [-0.1, -0.05) is 30.3 Å². The molecule has 3 aromatic carbocycles. The lowest BCUT2D eigenvalue weighted by Gasteiger charge is -2.16. The zero-order chi connectivity index (χ0) is 18.0. The number of hydrogen-bond acceptors (Lipinski definition) is 4. The lowest BCUT2D eigenvalue weighted by atomic mass is 10.1. The van der Waals surface area contributed by atoms with E-state index in [1.807, 2.05) is 49.3 Å². The van der Waals surface area contributed by atoms with Crippen LogP contribution in [0.15, 0.2) is 65.6 Å². The van der Waals surface area contributed by atoms with E-state index < -0.39 is 10.0 Å². The summed E-state index contributed by atoms with van der Waals surface area (Å²) in [7, 11) is -0.0991. The Morgan fingerprint density at radius 3 is 2.36 bits per heavy atom. The molecule has 3 rings (SSSR count). The minimum absolute atomic E-state index is 0.158. The molecular weight excluding hydrogens is 334 g/mol. The quantitative estimate of drug-likeness (QED) is 0.780. The molecule has 0 bridgehead atoms. The van der Waals surface area contributed by atoms with Crippen molar-refractivity contribution in [3.8, 4) is 6.07 Å². The SMILES string of the molecule is CN(C)c1ccc(C#N)c(NS(=O)(=O)c2ccc3ccccc3c2)c1. The number of nitrogens with zero attached hydrogens (tertiary/aromatic N) is 2. The molecular formula is C19H17N3O2S. The van der Waals surface area contributed by atoms with Crippen LogP contribution < -0.4 is 9.62 Å². The summed E-state index contributed by atoms with van der Waals surface area (Å²) >= 11 is 0. The highest BCUT2D eigenvalue weighted by atomic mass is 32.2. The van der Waals surface area contributed by atoms with Crippen molar-refractivity contribution in [2.75, 3.05) is 23.7 Å². The molecule has 1 N–H and O–H groups in total. The Morgan fingerprint density at radius 2 is 1.68 bits per heavy atom. The van der Waals surface area contributed by atoms with Crippen LogP contribution in [0, 0.1) is 11.3 Å². The van der Waals surface area contributed by atoms with Crippen molar-refractivity contribution in [2.45, 2.75) is 4.90 Å². The molecule has 25 heavy (non-hydrogen) atoms. The Kier molecular flexibility index (Phi) is 4.34. The minimum Gasteiger partial charge on any atom is -0.378 e. The summed E-state index contributed by atoms with van der Waals surface area (Å²) in [5.41, 5.74) is 1.34. The first-order valence-corrected chi connectivity index (χ1v) is 9.12. The second-order valence-corrected chi connectivity index (χ2v) is 7.53. The Hall–Kier alpha value is -3.04. The molecule has 0 heterocycles. The Morgan fingerprint density at radius 1 is 0.960 bits per heavy atom. The molecule has 0 aliphatic heterocycles. The smallest absolute Gasteiger partial charge is 0.261 e. The molecule has 0 aromatic heterocycles. The van der Waals surface area contributed by atoms with Gasteiger partial charge in [-0.2, -0.15) is 5.26 Å². The summed E-state index contributed by atoms with van der Waals surface area (Å²) in [4.78, 5) is 2.00. The van der Waals surface area contributed by atoms with Gasteiger partial charge in [-0.05, 0) is 41.1 Å². The average Bonchev–Trinajstić information content (AvgIpc) is 2.60. The first-order chi connectivity index (χ1) is 11.9. The van der Waals surface area contributed by atoms with Gasteiger partial charge in [-0.3, -0.25) is 4.72 Å². The summed E-state index contributed by atoms with van der Waals surface area (Å²) < 4.78 is 28.1. The van der Waals surface area contributed by atoms with Gasteiger partial charge in [-0.15, -0.1) is 0 Å². The van der Waals surface area contributed by atoms with Gasteiger partial charge in [0.2, 0.25) is 0 Å². The zero-order valence-electron chi connectivity index (χ0n) is 13.9. The highest BCUT2D eigenvalue weighted by Crippen LogP contribution is 2.26. The van der Waals surface area contributed by atoms with Crippen molar-refractivity contribution < 1.29 is 8.42 Å². The number of rotatable bonds is 4. The van der Waals surface area contributed by atoms with Crippen LogP contribution in [0.4, 0.5) is 11.4 Å². The summed E-state index contributed by atoms with van der Waals surface area (Å²) in [5.74, 6) is 0. The predicted octanol–water partition coefficient (Wildman–Crippen LogP) is 3.58. The van der Waals surface area contributed by atoms with Crippen molar-refractivity contribution in [3.63, 3.8) is 0 Å². The monoisotopic (exact) mass is 351 g/mol. The summed E-state index contributed by atoms with van der Waals surface area (Å²) in [6, 6.07) is 19.6. The van der Waals surface area contributed by atoms with E-state index in [2.05, 4.69) is 4.72 Å². The molecule has 3 aromatic rings. The van der Waals surface area contributed by atoms with Crippen molar-refractivity contribution >= 4 is 32.2 Å². The summed E-state index contributed by atoms with van der Waals surface area (Å²) in [6.07, 6.45) is 0. The second kappa shape index (κ2) is 6.46. The van der Waals surface area contributed by atoms with E-state index in [4.69, 9.17) is 0 Å². The molecule has 0 amide bonds. The van der Waals surface area contributed by atoms with Crippen molar-refractivity contribution in [2.24, 2.45) is 0 Å². The number of nitriles is 1. The molecule has 0 radical (unpaired) electrons. The fraction of sp³-hybridized carbons (Fsp3) is 0.105. The van der Waals surface area contributed by atoms with E-state index in [1.165, 1.54) is 0 Å². The van der Waals surface area contributed by atoms with Gasteiger partial charge in [0.1, 0.15) is 6.07 Å². The van der Waals surface area contributed by atoms with Crippen LogP contribution >= 0.6 is 0 Å². The standard InChI is InChI=1S/C19H17N3O2S/c1-22(2)17-9-7-16(13-20)19(12-17)21-25(23,24)18-10-8-14-5-3-4-6-15(14)11-18/h3-12,21H,1-2H3. The molecule has 126 valence electrons. The van der Waals surface area contributed by atoms with Crippen LogP contribution in [-0.2, 0) is 10.0 Å². The van der Waals surface area contributed by atoms with Crippen LogP contribution in [-0.4, -0.2) is 22.5 Å². The maximum absolute atomic E-state index is 12.8. The van der Waals surface area contributed by atoms with Crippen molar-refractivity contribution in [1.82, 2.24) is 0 Å². The highest BCUT2D eigenvalue weighted by molar-refractivity contribution is 7.92. The molecule has 0 spiro atoms. The fourth-order valence-corrected chi connectivity index (χ4v) is 3.64. The molecule has 0 unspecified atom stereocenters. The van der Waals surface area contributed by atoms with Crippen LogP contribution in [0.5, 0.6) is 0 Å². The van der Waals surface area contributed by atoms with Crippen molar-refractivity contribution in [1.29, 1.82) is 5.26 Å². The first kappa shape index (κ1) is 16.8. The van der Waals surface area contributed by atoms with Gasteiger partial charge in [0.05, 0.1) is 16.1 Å². The third kappa shape index (κ3) is 3.42. The maximum Gasteiger partial charge on any atom is 0.261 e. The lowest BCUT2D eigenvalue weighted by Crippen LogP contribution is -2.15. The molecule has 5 nitrogen and oxygen atoms in total. The van der Waals surface area contributed by atoms with E-state index in [-0.39, 0.29) is 16.1 Å². The molecule has 0 fully saturated rings. The normalized spacial score (nSPS) is 11.1. The average molecular weight is 351 g/mol. The molecule has 0 atom stereocenters. The zero-order valence-corrected chi connectivity index (χ0v) is 14.7. The van der Waals surface area contributed by atoms with Crippen LogP contribution in [0.3, 0.4) is 0 Å². The van der Waals surface area contributed by atoms with Crippen LogP contribution in [0.1, 0.15) is 5.56 Å². The lowest BCUT2D eigenvalue weighted by molar-refractivity contribution is 0.601. The van der Waals surface area contributed by atoms with Crippen LogP contribution in [0.2, 0.25) is 0 Å². The number of nitrogens with one attached hydrogen (secondary N) is 1. The van der Waals surface area contributed by atoms with E-state index >= 15 is 0 Å². The fourth-order valence-electron chi connectivity index (χ4n) is 2.53. The number of benzene rings is 3. The van der Waals surface area contributed by atoms with E-state index in [1.54, 1.807) is 36.4 Å². The molecule has 0 aliphatic carbocycles. The third-order valence-corrected chi connectivity index (χ3v) is 5.28. The van der Waals surface area contributed by atoms with Gasteiger partial charge in [0.15, 0.2) is 0 Å². The molecule has 0 saturated heterocycles. The summed E-state index contributed by atoms with van der Waals surface area (Å²) in [6.45, 7) is 0. The van der Waals surface area contributed by atoms with Gasteiger partial charge < -0.3 is 4.90 Å². The van der Waals surface area contributed by atoms with Gasteiger partial charge in [0.25, 0.3) is 10.0 Å². The summed E-state index contributed by atoms with van der Waals surface area (Å²) in [5, 5.41) is 11.1.